The molecule has 0 radical (unpaired) electrons. The summed E-state index contributed by atoms with van der Waals surface area (Å²) in [6.45, 7) is 0. The number of hydrogen-bond acceptors (Lipinski definition) is 18. The molecule has 0 heterocycles. The molecular formula is C38H26CrN8Na2O15S+2. The number of hydrogen-bond donors (Lipinski definition) is 6. The Kier molecular flexibility index (Phi) is 17.9. The number of nitrogens with one attached hydrogen (secondary N) is 3. The molecule has 23 nitrogen and oxygen atoms in total. The van der Waals surface area contributed by atoms with Crippen molar-refractivity contribution >= 4 is 95.1 Å². The average Bonchev–Trinajstić information content (AvgIpc) is 3.23. The number of hydrazone groups is 2. The Bertz CT molecular complexity index is 3060. The third kappa shape index (κ3) is 11.7. The number of amides is 1. The molecule has 0 aliphatic heterocycles. The SMILES string of the molecule is COC(=O)Nc1cccc2c1/C(=N/Nc1cc([N+](=O)[O-])cc([N+](=O)[O-])c1O)C(=O)C=C2.O=C1C=C(S(=O)(=O)O)c2cc([N+](=O)[O-])ccc2/C1=N/Nc1c(O)ccc2ccccc12.[Cr].[Na+].[Na+]. The van der Waals surface area contributed by atoms with E-state index in [1.165, 1.54) is 30.4 Å². The number of nitro groups is 3. The Morgan fingerprint density at radius 1 is 0.738 bits per heavy atom. The van der Waals surface area contributed by atoms with Gasteiger partial charge < -0.3 is 14.9 Å². The molecule has 7 rings (SSSR count). The van der Waals surface area contributed by atoms with Crippen LogP contribution in [0.4, 0.5) is 38.9 Å². The van der Waals surface area contributed by atoms with Gasteiger partial charge in [0.2, 0.25) is 17.3 Å². The monoisotopic (exact) mass is 964 g/mol. The number of aromatic hydroxyl groups is 2. The molecule has 0 saturated carbocycles. The van der Waals surface area contributed by atoms with Gasteiger partial charge in [-0.3, -0.25) is 60.7 Å². The molecule has 65 heavy (non-hydrogen) atoms. The van der Waals surface area contributed by atoms with Gasteiger partial charge in [0.1, 0.15) is 33.5 Å². The molecule has 2 aliphatic rings. The van der Waals surface area contributed by atoms with E-state index in [-0.39, 0.29) is 122 Å². The maximum Gasteiger partial charge on any atom is 1.00 e. The molecule has 6 N–H and O–H groups in total. The van der Waals surface area contributed by atoms with Crippen LogP contribution in [-0.2, 0) is 41.8 Å². The molecule has 0 bridgehead atoms. The van der Waals surface area contributed by atoms with Crippen LogP contribution < -0.4 is 75.3 Å². The molecule has 5 aromatic carbocycles. The van der Waals surface area contributed by atoms with Crippen molar-refractivity contribution in [2.24, 2.45) is 10.2 Å². The molecule has 0 spiro atoms. The standard InChI is InChI=1S/C20H13N3O7S.C18H13N5O8.Cr.2Na/c24-16-8-5-11-3-1-2-4-13(11)19(16)21-22-20-14-7-6-12(23(26)27)9-15(14)18(10-17(20)25)31(28,29)30;1-31-18(26)19-11-4-2-3-9-5-6-14(24)16(15(9)11)21-20-12-7-10(22(27)28)8-13(17(12)25)23(29)30;;;/h1-10,21,24H,(H,28,29,30);2-8,20,25H,1H3,(H,19,26);;;/q;;;2*+1/b22-20-;21-16+;;;. The first-order chi connectivity index (χ1) is 29.4. The fraction of sp³-hybridized carbons (Fsp3) is 0.0263. The Morgan fingerprint density at radius 2 is 1.42 bits per heavy atom. The number of non-ortho nitro benzene ring substituents is 2. The fourth-order valence-electron chi connectivity index (χ4n) is 6.04. The second-order valence-corrected chi connectivity index (χ2v) is 14.0. The Balaban J connectivity index is 0.000000330. The van der Waals surface area contributed by atoms with Gasteiger partial charge in [-0.25, -0.2) is 4.79 Å². The van der Waals surface area contributed by atoms with Gasteiger partial charge in [0.05, 0.1) is 33.6 Å². The van der Waals surface area contributed by atoms with Gasteiger partial charge in [-0.2, -0.15) is 18.6 Å². The minimum atomic E-state index is -4.84. The zero-order valence-electron chi connectivity index (χ0n) is 33.6. The van der Waals surface area contributed by atoms with E-state index in [4.69, 9.17) is 0 Å². The summed E-state index contributed by atoms with van der Waals surface area (Å²) in [4.78, 5) is 66.5. The van der Waals surface area contributed by atoms with Crippen LogP contribution in [-0.4, -0.2) is 74.1 Å². The summed E-state index contributed by atoms with van der Waals surface area (Å²) in [6, 6.07) is 19.6. The predicted molar refractivity (Wildman–Crippen MR) is 221 cm³/mol. The van der Waals surface area contributed by atoms with Gasteiger partial charge in [0.15, 0.2) is 0 Å². The number of benzene rings is 5. The third-order valence-electron chi connectivity index (χ3n) is 8.87. The van der Waals surface area contributed by atoms with E-state index >= 15 is 0 Å². The van der Waals surface area contributed by atoms with E-state index in [9.17, 15) is 67.9 Å². The molecule has 0 fully saturated rings. The number of phenols is 2. The van der Waals surface area contributed by atoms with Gasteiger partial charge >= 0.3 is 70.9 Å². The van der Waals surface area contributed by atoms with Crippen molar-refractivity contribution < 1.29 is 134 Å². The van der Waals surface area contributed by atoms with Gasteiger partial charge in [-0.15, -0.1) is 0 Å². The van der Waals surface area contributed by atoms with E-state index in [1.807, 2.05) is 12.1 Å². The number of nitrogens with zero attached hydrogens (tertiary/aromatic N) is 5. The van der Waals surface area contributed by atoms with E-state index in [0.29, 0.717) is 23.1 Å². The van der Waals surface area contributed by atoms with Crippen molar-refractivity contribution in [2.45, 2.75) is 0 Å². The van der Waals surface area contributed by atoms with Crippen molar-refractivity contribution in [3.8, 4) is 11.5 Å². The summed E-state index contributed by atoms with van der Waals surface area (Å²) in [6.07, 6.45) is 2.55. The van der Waals surface area contributed by atoms with Crippen LogP contribution in [0.3, 0.4) is 0 Å². The van der Waals surface area contributed by atoms with Crippen molar-refractivity contribution in [2.75, 3.05) is 23.3 Å². The molecule has 2 aliphatic carbocycles. The van der Waals surface area contributed by atoms with Crippen molar-refractivity contribution in [3.63, 3.8) is 0 Å². The van der Waals surface area contributed by atoms with Gasteiger partial charge in [-0.1, -0.05) is 48.5 Å². The number of carbonyl (C=O) groups excluding carboxylic acids is 3. The van der Waals surface area contributed by atoms with Gasteiger partial charge in [0.25, 0.3) is 21.5 Å². The van der Waals surface area contributed by atoms with Crippen LogP contribution >= 0.6 is 0 Å². The molecule has 320 valence electrons. The number of carbonyl (C=O) groups is 3. The summed E-state index contributed by atoms with van der Waals surface area (Å²) < 4.78 is 37.5. The minimum Gasteiger partial charge on any atom is -0.506 e. The van der Waals surface area contributed by atoms with E-state index < -0.39 is 76.0 Å². The zero-order valence-corrected chi connectivity index (χ0v) is 39.7. The molecule has 27 heteroatoms. The van der Waals surface area contributed by atoms with E-state index in [0.717, 1.165) is 30.7 Å². The van der Waals surface area contributed by atoms with Crippen molar-refractivity contribution in [3.05, 3.63) is 150 Å². The number of anilines is 3. The number of rotatable bonds is 9. The molecule has 5 aromatic rings. The van der Waals surface area contributed by atoms with Crippen LogP contribution in [0.15, 0.2) is 107 Å². The number of allylic oxidation sites excluding steroid dienone is 2. The first kappa shape index (κ1) is 53.0. The predicted octanol–water partition coefficient (Wildman–Crippen LogP) is -0.114. The molecule has 1 amide bonds. The third-order valence-corrected chi connectivity index (χ3v) is 9.76. The normalized spacial score (nSPS) is 13.5. The van der Waals surface area contributed by atoms with Crippen molar-refractivity contribution in [1.82, 2.24) is 0 Å². The zero-order chi connectivity index (χ0) is 45.0. The first-order valence-electron chi connectivity index (χ1n) is 17.2. The number of phenolic OH excluding ortho intramolecular Hbond substituents is 2. The second-order valence-electron chi connectivity index (χ2n) is 12.6. The molecular weight excluding hydrogens is 939 g/mol. The van der Waals surface area contributed by atoms with Gasteiger partial charge in [-0.05, 0) is 35.2 Å². The van der Waals surface area contributed by atoms with Crippen LogP contribution in [0.2, 0.25) is 0 Å². The maximum atomic E-state index is 12.6. The summed E-state index contributed by atoms with van der Waals surface area (Å²) in [7, 11) is -3.68. The average molecular weight is 965 g/mol. The fourth-order valence-corrected chi connectivity index (χ4v) is 6.74. The number of ketones is 2. The van der Waals surface area contributed by atoms with Crippen LogP contribution in [0.1, 0.15) is 22.3 Å². The number of ether oxygens (including phenoxy) is 1. The summed E-state index contributed by atoms with van der Waals surface area (Å²) >= 11 is 0. The Morgan fingerprint density at radius 3 is 2.06 bits per heavy atom. The van der Waals surface area contributed by atoms with Crippen molar-refractivity contribution in [1.29, 1.82) is 0 Å². The van der Waals surface area contributed by atoms with Crippen LogP contribution in [0.5, 0.6) is 11.5 Å². The number of fused-ring (bicyclic) bond motifs is 3. The molecule has 0 atom stereocenters. The largest absolute Gasteiger partial charge is 1.00 e. The summed E-state index contributed by atoms with van der Waals surface area (Å²) in [5, 5.41) is 65.4. The first-order valence-corrected chi connectivity index (χ1v) is 18.6. The summed E-state index contributed by atoms with van der Waals surface area (Å²) in [5.41, 5.74) is 2.84. The summed E-state index contributed by atoms with van der Waals surface area (Å²) in [5.74, 6) is -2.47. The minimum absolute atomic E-state index is 0. The van der Waals surface area contributed by atoms with Crippen LogP contribution in [0.25, 0.3) is 21.8 Å². The van der Waals surface area contributed by atoms with E-state index in [1.54, 1.807) is 30.3 Å². The maximum absolute atomic E-state index is 12.6. The number of methoxy groups -OCH3 is 1. The van der Waals surface area contributed by atoms with Gasteiger partial charge in [0, 0.05) is 63.7 Å². The Labute approximate surface area is 419 Å². The molecule has 0 aromatic heterocycles. The number of nitro benzene ring substituents is 3. The smallest absolute Gasteiger partial charge is 0.506 e. The Hall–Kier alpha value is -6.37. The van der Waals surface area contributed by atoms with E-state index in [2.05, 4.69) is 31.1 Å². The second kappa shape index (κ2) is 22.0. The quantitative estimate of drug-likeness (QED) is 0.0369. The topological polar surface area (TPSA) is 346 Å². The van der Waals surface area contributed by atoms with Crippen LogP contribution in [0, 0.1) is 30.3 Å². The molecule has 0 saturated heterocycles. The molecule has 0 unspecified atom stereocenters.